The number of hydrogen-bond acceptors (Lipinski definition) is 5. The first-order valence-electron chi connectivity index (χ1n) is 19.7. The third-order valence-corrected chi connectivity index (χ3v) is 11.1. The predicted octanol–water partition coefficient (Wildman–Crippen LogP) is 10.3. The van der Waals surface area contributed by atoms with Crippen molar-refractivity contribution in [2.45, 2.75) is 75.7 Å². The monoisotopic (exact) mass is 717 g/mol. The second-order valence-corrected chi connectivity index (χ2v) is 14.6. The van der Waals surface area contributed by atoms with Gasteiger partial charge in [0.05, 0.1) is 18.8 Å². The summed E-state index contributed by atoms with van der Waals surface area (Å²) < 4.78 is 13.1. The Morgan fingerprint density at radius 2 is 1.17 bits per heavy atom. The summed E-state index contributed by atoms with van der Waals surface area (Å²) in [4.78, 5) is 29.7. The number of Topliss-reactive ketones (excluding diaryl/α,β-unsaturated/α-hetero) is 1. The van der Waals surface area contributed by atoms with Crippen LogP contribution < -0.4 is 0 Å². The molecule has 5 aromatic rings. The van der Waals surface area contributed by atoms with Crippen LogP contribution in [0.4, 0.5) is 0 Å². The molecule has 1 heterocycles. The van der Waals surface area contributed by atoms with Gasteiger partial charge < -0.3 is 9.47 Å². The summed E-state index contributed by atoms with van der Waals surface area (Å²) in [6, 6.07) is 48.9. The molecule has 1 saturated heterocycles. The molecule has 3 atom stereocenters. The maximum Gasteiger partial charge on any atom is 0.307 e. The van der Waals surface area contributed by atoms with Gasteiger partial charge in [0, 0.05) is 35.4 Å². The molecule has 2 fully saturated rings. The number of ketones is 1. The molecule has 0 spiro atoms. The zero-order valence-electron chi connectivity index (χ0n) is 31.1. The van der Waals surface area contributed by atoms with E-state index in [1.807, 2.05) is 97.1 Å². The van der Waals surface area contributed by atoms with Crippen LogP contribution in [0.1, 0.15) is 73.6 Å². The molecule has 54 heavy (non-hydrogen) atoms. The van der Waals surface area contributed by atoms with E-state index in [0.717, 1.165) is 61.0 Å². The molecule has 0 N–H and O–H groups in total. The first-order chi connectivity index (χ1) is 26.6. The van der Waals surface area contributed by atoms with Crippen LogP contribution in [-0.4, -0.2) is 41.9 Å². The minimum absolute atomic E-state index is 0.0822. The normalized spacial score (nSPS) is 19.3. The molecule has 1 aliphatic carbocycles. The topological polar surface area (TPSA) is 55.8 Å². The lowest BCUT2D eigenvalue weighted by molar-refractivity contribution is -0.153. The summed E-state index contributed by atoms with van der Waals surface area (Å²) in [7, 11) is 0. The summed E-state index contributed by atoms with van der Waals surface area (Å²) in [5.41, 5.74) is 5.14. The van der Waals surface area contributed by atoms with Crippen LogP contribution in [0.5, 0.6) is 0 Å². The number of ether oxygens (including phenoxy) is 2. The van der Waals surface area contributed by atoms with Gasteiger partial charge in [-0.2, -0.15) is 0 Å². The average molecular weight is 718 g/mol. The van der Waals surface area contributed by atoms with Crippen LogP contribution in [0, 0.1) is 5.92 Å². The van der Waals surface area contributed by atoms with Gasteiger partial charge in [-0.05, 0) is 61.9 Å². The van der Waals surface area contributed by atoms with Gasteiger partial charge in [-0.15, -0.1) is 0 Å². The summed E-state index contributed by atoms with van der Waals surface area (Å²) in [6.07, 6.45) is 10.7. The van der Waals surface area contributed by atoms with Crippen molar-refractivity contribution in [3.8, 4) is 11.1 Å². The van der Waals surface area contributed by atoms with E-state index in [9.17, 15) is 9.59 Å². The maximum absolute atomic E-state index is 13.7. The molecule has 1 aliphatic heterocycles. The molecule has 5 aromatic carbocycles. The van der Waals surface area contributed by atoms with Gasteiger partial charge >= 0.3 is 5.97 Å². The molecule has 0 radical (unpaired) electrons. The zero-order valence-corrected chi connectivity index (χ0v) is 31.1. The smallest absolute Gasteiger partial charge is 0.307 e. The molecule has 7 rings (SSSR count). The van der Waals surface area contributed by atoms with Crippen molar-refractivity contribution in [3.05, 3.63) is 180 Å². The van der Waals surface area contributed by atoms with Crippen LogP contribution in [0.25, 0.3) is 11.1 Å². The summed E-state index contributed by atoms with van der Waals surface area (Å²) in [5.74, 6) is 0.196. The molecule has 1 saturated carbocycles. The number of likely N-dealkylation sites (tertiary alicyclic amines) is 1. The Morgan fingerprint density at radius 1 is 0.648 bits per heavy atom. The Kier molecular flexibility index (Phi) is 12.6. The van der Waals surface area contributed by atoms with Gasteiger partial charge in [0.25, 0.3) is 0 Å². The number of carbonyl (C=O) groups excluding carboxylic acids is 2. The van der Waals surface area contributed by atoms with Gasteiger partial charge in [0.1, 0.15) is 0 Å². The minimum Gasteiger partial charge on any atom is -0.444 e. The van der Waals surface area contributed by atoms with Gasteiger partial charge in [-0.25, -0.2) is 0 Å². The van der Waals surface area contributed by atoms with Crippen LogP contribution in [0.3, 0.4) is 0 Å². The Labute approximate surface area is 320 Å². The summed E-state index contributed by atoms with van der Waals surface area (Å²) in [5, 5.41) is 0. The number of allylic oxidation sites excluding steroid dienone is 2. The summed E-state index contributed by atoms with van der Waals surface area (Å²) in [6.45, 7) is 2.45. The highest BCUT2D eigenvalue weighted by molar-refractivity contribution is 5.87. The molecule has 5 nitrogen and oxygen atoms in total. The minimum atomic E-state index is -1.07. The predicted molar refractivity (Wildman–Crippen MR) is 216 cm³/mol. The Hall–Kier alpha value is -5.10. The maximum atomic E-state index is 13.7. The van der Waals surface area contributed by atoms with Crippen molar-refractivity contribution in [2.24, 2.45) is 5.92 Å². The van der Waals surface area contributed by atoms with Crippen LogP contribution >= 0.6 is 0 Å². The Balaban J connectivity index is 0.988. The molecule has 0 bridgehead atoms. The highest BCUT2D eigenvalue weighted by Gasteiger charge is 2.45. The number of carbonyl (C=O) groups is 2. The van der Waals surface area contributed by atoms with Crippen molar-refractivity contribution >= 4 is 11.8 Å². The number of rotatable bonds is 15. The van der Waals surface area contributed by atoms with E-state index < -0.39 is 5.60 Å². The molecular formula is C49H51NO4. The van der Waals surface area contributed by atoms with E-state index in [0.29, 0.717) is 25.2 Å². The number of benzene rings is 5. The molecule has 276 valence electrons. The highest BCUT2D eigenvalue weighted by atomic mass is 16.6. The van der Waals surface area contributed by atoms with E-state index >= 15 is 0 Å². The van der Waals surface area contributed by atoms with Gasteiger partial charge in [-0.3, -0.25) is 14.5 Å². The standard InChI is InChI=1S/C49H51NO4/c51-45-36-46(53-37-38-30-32-40(33-31-38)39-20-8-3-9-21-39)44(48(45)50-34-18-7-19-35-50)28-16-1-2-17-29-47(52)54-49(41-22-10-4-11-23-41,42-24-12-5-13-25-42)43-26-14-6-15-27-43/h1-6,8-15,20-27,30-33,44,46,48H,7,16-19,28-29,34-37H2/b2-1-/t44-,46-,48+/m0/s1. The average Bonchev–Trinajstić information content (AvgIpc) is 3.56. The van der Waals surface area contributed by atoms with Crippen molar-refractivity contribution in [1.29, 1.82) is 0 Å². The van der Waals surface area contributed by atoms with Gasteiger partial charge in [0.2, 0.25) is 0 Å². The van der Waals surface area contributed by atoms with E-state index in [2.05, 4.69) is 65.6 Å². The molecule has 0 aromatic heterocycles. The van der Waals surface area contributed by atoms with Crippen molar-refractivity contribution in [3.63, 3.8) is 0 Å². The summed E-state index contributed by atoms with van der Waals surface area (Å²) >= 11 is 0. The van der Waals surface area contributed by atoms with Crippen molar-refractivity contribution in [2.75, 3.05) is 13.1 Å². The van der Waals surface area contributed by atoms with Crippen molar-refractivity contribution < 1.29 is 19.1 Å². The van der Waals surface area contributed by atoms with E-state index in [-0.39, 0.29) is 30.5 Å². The largest absolute Gasteiger partial charge is 0.444 e. The fourth-order valence-corrected chi connectivity index (χ4v) is 8.38. The van der Waals surface area contributed by atoms with Crippen LogP contribution in [0.2, 0.25) is 0 Å². The van der Waals surface area contributed by atoms with Crippen LogP contribution in [-0.2, 0) is 31.3 Å². The molecule has 0 unspecified atom stereocenters. The molecule has 5 heteroatoms. The lowest BCUT2D eigenvalue weighted by Crippen LogP contribution is -2.46. The van der Waals surface area contributed by atoms with Crippen molar-refractivity contribution in [1.82, 2.24) is 4.90 Å². The van der Waals surface area contributed by atoms with E-state index in [1.54, 1.807) is 0 Å². The second-order valence-electron chi connectivity index (χ2n) is 14.6. The zero-order chi connectivity index (χ0) is 37.0. The number of piperidine rings is 1. The van der Waals surface area contributed by atoms with E-state index in [4.69, 9.17) is 9.47 Å². The molecule has 0 amide bonds. The third-order valence-electron chi connectivity index (χ3n) is 11.1. The quantitative estimate of drug-likeness (QED) is 0.0613. The number of esters is 1. The molecular weight excluding hydrogens is 667 g/mol. The third kappa shape index (κ3) is 8.81. The van der Waals surface area contributed by atoms with E-state index in [1.165, 1.54) is 17.5 Å². The lowest BCUT2D eigenvalue weighted by atomic mass is 9.80. The lowest BCUT2D eigenvalue weighted by Gasteiger charge is -2.35. The van der Waals surface area contributed by atoms with Gasteiger partial charge in [-0.1, -0.05) is 164 Å². The Bertz CT molecular complexity index is 1840. The molecule has 2 aliphatic rings. The van der Waals surface area contributed by atoms with Crippen LogP contribution in [0.15, 0.2) is 158 Å². The Morgan fingerprint density at radius 3 is 1.74 bits per heavy atom. The number of nitrogens with zero attached hydrogens (tertiary/aromatic N) is 1. The fourth-order valence-electron chi connectivity index (χ4n) is 8.38. The number of hydrogen-bond donors (Lipinski definition) is 0. The highest BCUT2D eigenvalue weighted by Crippen LogP contribution is 2.41. The fraction of sp³-hybridized carbons (Fsp3) is 0.306. The van der Waals surface area contributed by atoms with Gasteiger partial charge in [0.15, 0.2) is 11.4 Å². The second kappa shape index (κ2) is 18.3. The first kappa shape index (κ1) is 37.2. The SMILES string of the molecule is O=C(CC/C=C\CC[C@H]1[C@@H](OCc2ccc(-c3ccccc3)cc2)CC(=O)[C@@H]1N1CCCCC1)OC(c1ccccc1)(c1ccccc1)c1ccccc1. The first-order valence-corrected chi connectivity index (χ1v) is 19.7.